The average Bonchev–Trinajstić information content (AvgIpc) is 3.21. The van der Waals surface area contributed by atoms with Crippen molar-refractivity contribution in [1.82, 2.24) is 20.4 Å². The molecule has 1 saturated heterocycles. The first-order valence-electron chi connectivity index (χ1n) is 10.9. The Balaban J connectivity index is 1.43. The Morgan fingerprint density at radius 1 is 1.19 bits per heavy atom. The highest BCUT2D eigenvalue weighted by Gasteiger charge is 2.30. The van der Waals surface area contributed by atoms with Gasteiger partial charge < -0.3 is 19.5 Å². The van der Waals surface area contributed by atoms with Gasteiger partial charge in [-0.1, -0.05) is 25.9 Å². The topological polar surface area (TPSA) is 97.6 Å². The van der Waals surface area contributed by atoms with Crippen molar-refractivity contribution >= 4 is 11.8 Å². The van der Waals surface area contributed by atoms with E-state index in [2.05, 4.69) is 15.5 Å². The first kappa shape index (κ1) is 22.8. The van der Waals surface area contributed by atoms with Crippen LogP contribution in [0.15, 0.2) is 28.8 Å². The number of hydrogen-bond acceptors (Lipinski definition) is 6. The molecular formula is C23H32N4O4. The molecule has 1 fully saturated rings. The molecule has 0 bridgehead atoms. The fourth-order valence-corrected chi connectivity index (χ4v) is 3.56. The van der Waals surface area contributed by atoms with Gasteiger partial charge in [0.25, 0.3) is 0 Å². The van der Waals surface area contributed by atoms with Gasteiger partial charge >= 0.3 is 0 Å². The predicted octanol–water partition coefficient (Wildman–Crippen LogP) is 3.22. The minimum absolute atomic E-state index is 0.0404. The highest BCUT2D eigenvalue weighted by Crippen LogP contribution is 2.22. The number of piperidine rings is 1. The number of amides is 2. The van der Waals surface area contributed by atoms with E-state index in [0.717, 1.165) is 24.2 Å². The average molecular weight is 429 g/mol. The lowest BCUT2D eigenvalue weighted by atomic mass is 9.93. The van der Waals surface area contributed by atoms with E-state index >= 15 is 0 Å². The molecule has 2 amide bonds. The van der Waals surface area contributed by atoms with E-state index in [1.807, 2.05) is 56.9 Å². The lowest BCUT2D eigenvalue weighted by Crippen LogP contribution is -2.49. The molecule has 3 rings (SSSR count). The number of ether oxygens (including phenoxy) is 1. The quantitative estimate of drug-likeness (QED) is 0.727. The van der Waals surface area contributed by atoms with Crippen molar-refractivity contribution in [1.29, 1.82) is 0 Å². The Morgan fingerprint density at radius 3 is 2.48 bits per heavy atom. The molecule has 1 aromatic carbocycles. The number of nitrogens with zero attached hydrogens (tertiary/aromatic N) is 3. The van der Waals surface area contributed by atoms with Crippen molar-refractivity contribution in [2.24, 2.45) is 5.41 Å². The third-order valence-electron chi connectivity index (χ3n) is 5.25. The van der Waals surface area contributed by atoms with Crippen LogP contribution in [-0.2, 0) is 16.0 Å². The van der Waals surface area contributed by atoms with Gasteiger partial charge in [-0.2, -0.15) is 4.98 Å². The molecule has 31 heavy (non-hydrogen) atoms. The molecule has 0 aliphatic carbocycles. The number of aromatic nitrogens is 2. The maximum atomic E-state index is 12.4. The molecule has 2 aromatic rings. The van der Waals surface area contributed by atoms with Gasteiger partial charge in [-0.3, -0.25) is 9.59 Å². The van der Waals surface area contributed by atoms with E-state index in [9.17, 15) is 9.59 Å². The van der Waals surface area contributed by atoms with Crippen LogP contribution in [-0.4, -0.2) is 52.6 Å². The number of hydrogen-bond donors (Lipinski definition) is 1. The van der Waals surface area contributed by atoms with E-state index in [0.29, 0.717) is 37.8 Å². The SMILES string of the molecule is CCOc1ccc(-c2noc(CCC(=O)NC3CCN(C(=O)C(C)(C)C)CC3)n2)cc1. The highest BCUT2D eigenvalue weighted by atomic mass is 16.5. The molecular weight excluding hydrogens is 396 g/mol. The summed E-state index contributed by atoms with van der Waals surface area (Å²) in [4.78, 5) is 31.0. The summed E-state index contributed by atoms with van der Waals surface area (Å²) in [5.74, 6) is 1.85. The zero-order valence-electron chi connectivity index (χ0n) is 18.8. The fraction of sp³-hybridized carbons (Fsp3) is 0.565. The van der Waals surface area contributed by atoms with Gasteiger partial charge in [0.1, 0.15) is 5.75 Å². The van der Waals surface area contributed by atoms with E-state index in [1.165, 1.54) is 0 Å². The summed E-state index contributed by atoms with van der Waals surface area (Å²) in [7, 11) is 0. The van der Waals surface area contributed by atoms with Crippen molar-refractivity contribution in [2.45, 2.75) is 59.4 Å². The maximum absolute atomic E-state index is 12.4. The van der Waals surface area contributed by atoms with Crippen LogP contribution in [0.5, 0.6) is 5.75 Å². The summed E-state index contributed by atoms with van der Waals surface area (Å²) in [5.41, 5.74) is 0.462. The van der Waals surface area contributed by atoms with Crippen LogP contribution in [0.3, 0.4) is 0 Å². The molecule has 1 N–H and O–H groups in total. The fourth-order valence-electron chi connectivity index (χ4n) is 3.56. The van der Waals surface area contributed by atoms with E-state index in [1.54, 1.807) is 0 Å². The molecule has 168 valence electrons. The molecule has 8 heteroatoms. The molecule has 1 aliphatic rings. The zero-order chi connectivity index (χ0) is 22.4. The molecule has 0 radical (unpaired) electrons. The monoisotopic (exact) mass is 428 g/mol. The van der Waals surface area contributed by atoms with Crippen LogP contribution in [0.1, 0.15) is 52.8 Å². The van der Waals surface area contributed by atoms with Crippen LogP contribution in [0.2, 0.25) is 0 Å². The number of likely N-dealkylation sites (tertiary alicyclic amines) is 1. The predicted molar refractivity (Wildman–Crippen MR) is 116 cm³/mol. The standard InChI is InChI=1S/C23H32N4O4/c1-5-30-18-8-6-16(7-9-18)21-25-20(31-26-21)11-10-19(28)24-17-12-14-27(15-13-17)22(29)23(2,3)4/h6-9,17H,5,10-15H2,1-4H3,(H,24,28). The largest absolute Gasteiger partial charge is 0.494 e. The lowest BCUT2D eigenvalue weighted by molar-refractivity contribution is -0.140. The molecule has 8 nitrogen and oxygen atoms in total. The zero-order valence-corrected chi connectivity index (χ0v) is 18.8. The Kier molecular flexibility index (Phi) is 7.30. The third kappa shape index (κ3) is 6.29. The van der Waals surface area contributed by atoms with Gasteiger partial charge in [-0.05, 0) is 44.0 Å². The number of carbonyl (C=O) groups excluding carboxylic acids is 2. The van der Waals surface area contributed by atoms with E-state index < -0.39 is 0 Å². The second-order valence-corrected chi connectivity index (χ2v) is 8.85. The summed E-state index contributed by atoms with van der Waals surface area (Å²) >= 11 is 0. The van der Waals surface area contributed by atoms with Crippen LogP contribution in [0.4, 0.5) is 0 Å². The van der Waals surface area contributed by atoms with Gasteiger partial charge in [0.2, 0.25) is 23.5 Å². The van der Waals surface area contributed by atoms with E-state index in [-0.39, 0.29) is 29.7 Å². The summed E-state index contributed by atoms with van der Waals surface area (Å²) in [6, 6.07) is 7.58. The molecule has 0 spiro atoms. The van der Waals surface area contributed by atoms with Crippen LogP contribution < -0.4 is 10.1 Å². The minimum Gasteiger partial charge on any atom is -0.494 e. The second-order valence-electron chi connectivity index (χ2n) is 8.85. The van der Waals surface area contributed by atoms with Crippen LogP contribution >= 0.6 is 0 Å². The van der Waals surface area contributed by atoms with Gasteiger partial charge in [0.05, 0.1) is 6.61 Å². The van der Waals surface area contributed by atoms with E-state index in [4.69, 9.17) is 9.26 Å². The van der Waals surface area contributed by atoms with Crippen molar-refractivity contribution < 1.29 is 18.8 Å². The smallest absolute Gasteiger partial charge is 0.227 e. The third-order valence-corrected chi connectivity index (χ3v) is 5.25. The summed E-state index contributed by atoms with van der Waals surface area (Å²) in [6.07, 6.45) is 2.22. The number of nitrogens with one attached hydrogen (secondary N) is 1. The summed E-state index contributed by atoms with van der Waals surface area (Å²) in [6.45, 7) is 9.70. The molecule has 2 heterocycles. The van der Waals surface area contributed by atoms with Crippen LogP contribution in [0, 0.1) is 5.41 Å². The van der Waals surface area contributed by atoms with Gasteiger partial charge in [-0.15, -0.1) is 0 Å². The van der Waals surface area contributed by atoms with Gasteiger partial charge in [-0.25, -0.2) is 0 Å². The maximum Gasteiger partial charge on any atom is 0.227 e. The number of benzene rings is 1. The Labute approximate surface area is 183 Å². The van der Waals surface area contributed by atoms with Crippen molar-refractivity contribution in [3.8, 4) is 17.1 Å². The number of carbonyl (C=O) groups is 2. The molecule has 0 saturated carbocycles. The first-order valence-corrected chi connectivity index (χ1v) is 10.9. The highest BCUT2D eigenvalue weighted by molar-refractivity contribution is 5.81. The molecule has 0 unspecified atom stereocenters. The lowest BCUT2D eigenvalue weighted by Gasteiger charge is -2.36. The van der Waals surface area contributed by atoms with Crippen molar-refractivity contribution in [2.75, 3.05) is 19.7 Å². The van der Waals surface area contributed by atoms with Crippen molar-refractivity contribution in [3.05, 3.63) is 30.2 Å². The van der Waals surface area contributed by atoms with Gasteiger partial charge in [0.15, 0.2) is 0 Å². The Bertz CT molecular complexity index is 878. The minimum atomic E-state index is -0.371. The summed E-state index contributed by atoms with van der Waals surface area (Å²) in [5, 5.41) is 7.07. The number of rotatable bonds is 7. The van der Waals surface area contributed by atoms with Crippen molar-refractivity contribution in [3.63, 3.8) is 0 Å². The van der Waals surface area contributed by atoms with Crippen LogP contribution in [0.25, 0.3) is 11.4 Å². The second kappa shape index (κ2) is 9.94. The summed E-state index contributed by atoms with van der Waals surface area (Å²) < 4.78 is 10.7. The number of aryl methyl sites for hydroxylation is 1. The Hall–Kier alpha value is -2.90. The Morgan fingerprint density at radius 2 is 1.87 bits per heavy atom. The normalized spacial score (nSPS) is 15.0. The first-order chi connectivity index (χ1) is 14.8. The molecule has 1 aromatic heterocycles. The van der Waals surface area contributed by atoms with Gasteiger partial charge in [0, 0.05) is 43.0 Å². The molecule has 1 aliphatic heterocycles. The molecule has 0 atom stereocenters.